The van der Waals surface area contributed by atoms with Gasteiger partial charge in [-0.05, 0) is 28.8 Å². The van der Waals surface area contributed by atoms with E-state index < -0.39 is 6.04 Å². The number of thiazole rings is 1. The zero-order valence-corrected chi connectivity index (χ0v) is 20.5. The maximum atomic E-state index is 13.5. The molecule has 7 nitrogen and oxygen atoms in total. The van der Waals surface area contributed by atoms with Crippen molar-refractivity contribution in [3.8, 4) is 0 Å². The average molecular weight is 499 g/mol. The molecule has 8 heteroatoms. The van der Waals surface area contributed by atoms with Crippen molar-refractivity contribution in [3.05, 3.63) is 106 Å². The summed E-state index contributed by atoms with van der Waals surface area (Å²) >= 11 is 1.53. The smallest absolute Gasteiger partial charge is 0.290 e. The van der Waals surface area contributed by atoms with Crippen LogP contribution < -0.4 is 5.32 Å². The summed E-state index contributed by atoms with van der Waals surface area (Å²) < 4.78 is 5.35. The molecule has 36 heavy (non-hydrogen) atoms. The van der Waals surface area contributed by atoms with Gasteiger partial charge >= 0.3 is 0 Å². The molecule has 0 spiro atoms. The molecule has 0 bridgehead atoms. The number of benzene rings is 2. The fourth-order valence-electron chi connectivity index (χ4n) is 4.98. The summed E-state index contributed by atoms with van der Waals surface area (Å²) in [5.74, 6) is -0.281. The van der Waals surface area contributed by atoms with E-state index >= 15 is 0 Å². The molecule has 0 saturated carbocycles. The first-order valence-corrected chi connectivity index (χ1v) is 12.9. The third-order valence-corrected chi connectivity index (χ3v) is 7.83. The van der Waals surface area contributed by atoms with E-state index in [1.54, 1.807) is 17.0 Å². The van der Waals surface area contributed by atoms with Gasteiger partial charge < -0.3 is 14.6 Å². The van der Waals surface area contributed by atoms with Gasteiger partial charge in [0.1, 0.15) is 6.04 Å². The molecule has 2 aromatic heterocycles. The summed E-state index contributed by atoms with van der Waals surface area (Å²) in [6.45, 7) is 3.00. The molecule has 2 aliphatic rings. The first-order chi connectivity index (χ1) is 17.6. The zero-order valence-electron chi connectivity index (χ0n) is 19.7. The van der Waals surface area contributed by atoms with Crippen LogP contribution in [0, 0.1) is 0 Å². The van der Waals surface area contributed by atoms with Crippen LogP contribution in [0.2, 0.25) is 0 Å². The van der Waals surface area contributed by atoms with E-state index in [0.29, 0.717) is 18.1 Å². The number of furan rings is 1. The molecule has 0 saturated heterocycles. The second-order valence-electron chi connectivity index (χ2n) is 9.22. The minimum Gasteiger partial charge on any atom is -0.459 e. The Morgan fingerprint density at radius 2 is 1.81 bits per heavy atom. The standard InChI is InChI=1S/C28H26N4O3S/c33-26(23-15-20-9-4-5-10-21(20)17-32(23)27(34)24-11-6-14-35-24)30-28-29-22-12-13-31(18-25(22)36-28)16-19-7-2-1-3-8-19/h1-11,14,23H,12-13,15-18H2,(H,29,30,33)/t23-/m1/s1. The van der Waals surface area contributed by atoms with Gasteiger partial charge in [0.25, 0.3) is 5.91 Å². The molecule has 1 N–H and O–H groups in total. The number of hydrogen-bond donors (Lipinski definition) is 1. The molecule has 4 heterocycles. The molecule has 182 valence electrons. The number of carbonyl (C=O) groups excluding carboxylic acids is 2. The lowest BCUT2D eigenvalue weighted by molar-refractivity contribution is -0.121. The number of nitrogens with zero attached hydrogens (tertiary/aromatic N) is 3. The van der Waals surface area contributed by atoms with Gasteiger partial charge in [0.2, 0.25) is 5.91 Å². The van der Waals surface area contributed by atoms with Gasteiger partial charge in [-0.3, -0.25) is 14.5 Å². The number of amides is 2. The summed E-state index contributed by atoms with van der Waals surface area (Å²) in [4.78, 5) is 36.6. The van der Waals surface area contributed by atoms with Crippen LogP contribution in [0.4, 0.5) is 5.13 Å². The minimum atomic E-state index is -0.645. The second-order valence-corrected chi connectivity index (χ2v) is 10.3. The molecule has 0 unspecified atom stereocenters. The Labute approximate surface area is 213 Å². The predicted octanol–water partition coefficient (Wildman–Crippen LogP) is 4.50. The Kier molecular flexibility index (Phi) is 6.13. The Hall–Kier alpha value is -3.75. The third kappa shape index (κ3) is 4.57. The molecule has 1 atom stereocenters. The summed E-state index contributed by atoms with van der Waals surface area (Å²) in [5.41, 5.74) is 4.47. The average Bonchev–Trinajstić information content (AvgIpc) is 3.58. The van der Waals surface area contributed by atoms with E-state index in [9.17, 15) is 9.59 Å². The number of rotatable bonds is 5. The van der Waals surface area contributed by atoms with E-state index in [1.807, 2.05) is 30.3 Å². The monoisotopic (exact) mass is 498 g/mol. The second kappa shape index (κ2) is 9.72. The normalized spacial score (nSPS) is 17.3. The van der Waals surface area contributed by atoms with Gasteiger partial charge in [-0.15, -0.1) is 11.3 Å². The minimum absolute atomic E-state index is 0.225. The van der Waals surface area contributed by atoms with Crippen LogP contribution in [0.25, 0.3) is 0 Å². The highest BCUT2D eigenvalue weighted by Crippen LogP contribution is 2.31. The van der Waals surface area contributed by atoms with E-state index in [-0.39, 0.29) is 17.6 Å². The van der Waals surface area contributed by atoms with E-state index in [0.717, 1.165) is 42.9 Å². The maximum absolute atomic E-state index is 13.5. The first-order valence-electron chi connectivity index (χ1n) is 12.1. The molecule has 2 aliphatic heterocycles. The van der Waals surface area contributed by atoms with Crippen LogP contribution in [0.3, 0.4) is 0 Å². The number of fused-ring (bicyclic) bond motifs is 2. The van der Waals surface area contributed by atoms with E-state index in [2.05, 4.69) is 34.5 Å². The summed E-state index contributed by atoms with van der Waals surface area (Å²) in [6, 6.07) is 21.1. The maximum Gasteiger partial charge on any atom is 0.290 e. The number of aromatic nitrogens is 1. The molecule has 0 radical (unpaired) electrons. The van der Waals surface area contributed by atoms with Gasteiger partial charge in [0, 0.05) is 43.9 Å². The van der Waals surface area contributed by atoms with Crippen molar-refractivity contribution in [1.82, 2.24) is 14.8 Å². The Morgan fingerprint density at radius 1 is 1.00 bits per heavy atom. The molecule has 6 rings (SSSR count). The predicted molar refractivity (Wildman–Crippen MR) is 138 cm³/mol. The number of hydrogen-bond acceptors (Lipinski definition) is 6. The van der Waals surface area contributed by atoms with Gasteiger partial charge in [0.05, 0.1) is 12.0 Å². The molecule has 4 aromatic rings. The third-order valence-electron chi connectivity index (χ3n) is 6.83. The lowest BCUT2D eigenvalue weighted by Gasteiger charge is -2.35. The van der Waals surface area contributed by atoms with Gasteiger partial charge in [-0.25, -0.2) is 4.98 Å². The topological polar surface area (TPSA) is 78.7 Å². The van der Waals surface area contributed by atoms with Gasteiger partial charge in [0.15, 0.2) is 10.9 Å². The lowest BCUT2D eigenvalue weighted by atomic mass is 9.93. The van der Waals surface area contributed by atoms with E-state index in [1.165, 1.54) is 28.0 Å². The van der Waals surface area contributed by atoms with Crippen molar-refractivity contribution < 1.29 is 14.0 Å². The number of nitrogens with one attached hydrogen (secondary N) is 1. The summed E-state index contributed by atoms with van der Waals surface area (Å²) in [7, 11) is 0. The molecular weight excluding hydrogens is 472 g/mol. The van der Waals surface area contributed by atoms with Gasteiger partial charge in [-0.2, -0.15) is 0 Å². The molecular formula is C28H26N4O3S. The van der Waals surface area contributed by atoms with Crippen molar-refractivity contribution in [1.29, 1.82) is 0 Å². The van der Waals surface area contributed by atoms with Crippen molar-refractivity contribution in [3.63, 3.8) is 0 Å². The Balaban J connectivity index is 1.19. The Morgan fingerprint density at radius 3 is 2.61 bits per heavy atom. The lowest BCUT2D eigenvalue weighted by Crippen LogP contribution is -2.50. The summed E-state index contributed by atoms with van der Waals surface area (Å²) in [6.07, 6.45) is 2.78. The highest BCUT2D eigenvalue weighted by molar-refractivity contribution is 7.15. The first kappa shape index (κ1) is 22.7. The highest BCUT2D eigenvalue weighted by Gasteiger charge is 2.36. The van der Waals surface area contributed by atoms with Crippen molar-refractivity contribution >= 4 is 28.3 Å². The quantitative estimate of drug-likeness (QED) is 0.438. The van der Waals surface area contributed by atoms with Crippen molar-refractivity contribution in [2.45, 2.75) is 38.5 Å². The van der Waals surface area contributed by atoms with E-state index in [4.69, 9.17) is 9.40 Å². The molecule has 2 amide bonds. The largest absolute Gasteiger partial charge is 0.459 e. The fraction of sp³-hybridized carbons (Fsp3) is 0.250. The molecule has 2 aromatic carbocycles. The fourth-order valence-corrected chi connectivity index (χ4v) is 6.03. The van der Waals surface area contributed by atoms with Gasteiger partial charge in [-0.1, -0.05) is 54.6 Å². The van der Waals surface area contributed by atoms with Crippen LogP contribution in [0.15, 0.2) is 77.4 Å². The molecule has 0 aliphatic carbocycles. The van der Waals surface area contributed by atoms with Crippen LogP contribution in [0.1, 0.15) is 37.8 Å². The van der Waals surface area contributed by atoms with Crippen LogP contribution in [0.5, 0.6) is 0 Å². The number of anilines is 1. The molecule has 0 fully saturated rings. The highest BCUT2D eigenvalue weighted by atomic mass is 32.1. The summed E-state index contributed by atoms with van der Waals surface area (Å²) in [5, 5.41) is 3.61. The van der Waals surface area contributed by atoms with Crippen molar-refractivity contribution in [2.24, 2.45) is 0 Å². The van der Waals surface area contributed by atoms with Crippen LogP contribution in [-0.2, 0) is 37.3 Å². The zero-order chi connectivity index (χ0) is 24.5. The SMILES string of the molecule is O=C(Nc1nc2c(s1)CN(Cc1ccccc1)CC2)[C@H]1Cc2ccccc2CN1C(=O)c1ccco1. The number of carbonyl (C=O) groups is 2. The Bertz CT molecular complexity index is 1380. The van der Waals surface area contributed by atoms with Crippen LogP contribution in [-0.4, -0.2) is 39.2 Å². The van der Waals surface area contributed by atoms with Crippen LogP contribution >= 0.6 is 11.3 Å². The van der Waals surface area contributed by atoms with Crippen molar-refractivity contribution in [2.75, 3.05) is 11.9 Å².